The van der Waals surface area contributed by atoms with Gasteiger partial charge in [0.05, 0.1) is 19.8 Å². The van der Waals surface area contributed by atoms with Gasteiger partial charge in [0.25, 0.3) is 0 Å². The lowest BCUT2D eigenvalue weighted by molar-refractivity contribution is -0.137. The van der Waals surface area contributed by atoms with Crippen LogP contribution < -0.4 is 9.47 Å². The third-order valence-electron chi connectivity index (χ3n) is 7.07. The molecule has 0 aromatic heterocycles. The van der Waals surface area contributed by atoms with Gasteiger partial charge in [0.15, 0.2) is 0 Å². The highest BCUT2D eigenvalue weighted by Gasteiger charge is 2.22. The van der Waals surface area contributed by atoms with E-state index in [0.29, 0.717) is 24.0 Å². The van der Waals surface area contributed by atoms with Crippen molar-refractivity contribution in [3.8, 4) is 11.5 Å². The second-order valence-corrected chi connectivity index (χ2v) is 10.4. The topological polar surface area (TPSA) is 71.1 Å². The Morgan fingerprint density at radius 1 is 0.825 bits per heavy atom. The second kappa shape index (κ2) is 20.7. The predicted octanol–water partition coefficient (Wildman–Crippen LogP) is 7.64. The molecule has 0 radical (unpaired) electrons. The van der Waals surface area contributed by atoms with Crippen molar-refractivity contribution >= 4 is 12.3 Å². The fourth-order valence-corrected chi connectivity index (χ4v) is 4.61. The molecule has 1 aliphatic carbocycles. The van der Waals surface area contributed by atoms with E-state index in [2.05, 4.69) is 37.8 Å². The number of aldehydes is 1. The number of hydrogen-bond donors (Lipinski definition) is 0. The highest BCUT2D eigenvalue weighted by atomic mass is 16.5. The maximum absolute atomic E-state index is 10.7. The molecular weight excluding hydrogens is 504 g/mol. The number of unbranched alkanes of at least 4 members (excludes halogenated alkanes) is 3. The second-order valence-electron chi connectivity index (χ2n) is 10.4. The number of aryl methyl sites for hydroxylation is 1. The van der Waals surface area contributed by atoms with Gasteiger partial charge in [-0.15, -0.1) is 0 Å². The van der Waals surface area contributed by atoms with Crippen molar-refractivity contribution in [2.24, 2.45) is 11.8 Å². The monoisotopic (exact) mass is 552 g/mol. The average molecular weight is 553 g/mol. The van der Waals surface area contributed by atoms with Gasteiger partial charge in [-0.25, -0.2) is 4.79 Å². The van der Waals surface area contributed by atoms with E-state index in [0.717, 1.165) is 69.7 Å². The molecule has 0 amide bonds. The van der Waals surface area contributed by atoms with E-state index in [9.17, 15) is 9.59 Å². The number of carbonyl (C=O) groups is 2. The van der Waals surface area contributed by atoms with Crippen LogP contribution in [0, 0.1) is 11.8 Å². The van der Waals surface area contributed by atoms with Crippen molar-refractivity contribution in [1.29, 1.82) is 0 Å². The van der Waals surface area contributed by atoms with Gasteiger partial charge in [-0.2, -0.15) is 0 Å². The molecule has 0 unspecified atom stereocenters. The summed E-state index contributed by atoms with van der Waals surface area (Å²) in [4.78, 5) is 21.3. The molecule has 6 nitrogen and oxygen atoms in total. The molecule has 2 aromatic carbocycles. The summed E-state index contributed by atoms with van der Waals surface area (Å²) >= 11 is 0. The minimum Gasteiger partial charge on any atom is -0.493 e. The molecule has 1 saturated carbocycles. The molecule has 0 heterocycles. The molecule has 2 aromatic rings. The summed E-state index contributed by atoms with van der Waals surface area (Å²) in [5.74, 6) is 2.75. The number of carbonyl (C=O) groups excluding carboxylic acids is 2. The number of hydrogen-bond acceptors (Lipinski definition) is 6. The zero-order valence-electron chi connectivity index (χ0n) is 24.5. The summed E-state index contributed by atoms with van der Waals surface area (Å²) in [6.45, 7) is 8.39. The van der Waals surface area contributed by atoms with Gasteiger partial charge in [0, 0.05) is 25.4 Å². The van der Waals surface area contributed by atoms with Crippen LogP contribution in [0.5, 0.6) is 11.5 Å². The average Bonchev–Trinajstić information content (AvgIpc) is 3.00. The van der Waals surface area contributed by atoms with E-state index < -0.39 is 0 Å². The number of ether oxygens (including phenoxy) is 4. The van der Waals surface area contributed by atoms with Crippen LogP contribution in [0.1, 0.15) is 80.6 Å². The fourth-order valence-electron chi connectivity index (χ4n) is 4.61. The minimum absolute atomic E-state index is 0.336. The molecule has 40 heavy (non-hydrogen) atoms. The fraction of sp³-hybridized carbons (Fsp3) is 0.529. The Morgan fingerprint density at radius 2 is 1.35 bits per heavy atom. The summed E-state index contributed by atoms with van der Waals surface area (Å²) in [5, 5.41) is 0. The third-order valence-corrected chi connectivity index (χ3v) is 7.07. The minimum atomic E-state index is -0.336. The number of benzene rings is 2. The Labute approximate surface area is 241 Å². The maximum atomic E-state index is 10.7. The van der Waals surface area contributed by atoms with Crippen LogP contribution >= 0.6 is 0 Å². The first-order valence-electron chi connectivity index (χ1n) is 14.8. The predicted molar refractivity (Wildman–Crippen MR) is 160 cm³/mol. The lowest BCUT2D eigenvalue weighted by atomic mass is 9.83. The smallest absolute Gasteiger partial charge is 0.330 e. The van der Waals surface area contributed by atoms with Gasteiger partial charge in [-0.3, -0.25) is 4.79 Å². The van der Waals surface area contributed by atoms with Crippen LogP contribution in [0.2, 0.25) is 0 Å². The molecule has 0 N–H and O–H groups in total. The Morgan fingerprint density at radius 3 is 1.82 bits per heavy atom. The van der Waals surface area contributed by atoms with Crippen molar-refractivity contribution < 1.29 is 28.5 Å². The number of esters is 1. The molecule has 0 aliphatic heterocycles. The van der Waals surface area contributed by atoms with Crippen molar-refractivity contribution in [2.45, 2.75) is 71.1 Å². The standard InChI is InChI=1S/C24H30O3.C10H18O3/c1-2-3-19-8-12-23(13-9-19)26-17-21-4-6-22(7-5-21)18-27-24-14-10-20(16-25)11-15-24;1-3-10(11)13-9-7-5-4-6-8-12-2/h8-16,21-22H,2-7,17-18H2,1H3;3H,1,4-9H2,2H3. The summed E-state index contributed by atoms with van der Waals surface area (Å²) < 4.78 is 21.6. The normalized spacial score (nSPS) is 16.2. The first-order valence-corrected chi connectivity index (χ1v) is 14.8. The molecule has 0 atom stereocenters. The Balaban J connectivity index is 0.000000366. The molecular formula is C34H48O6. The van der Waals surface area contributed by atoms with Gasteiger partial charge in [-0.05, 0) is 105 Å². The van der Waals surface area contributed by atoms with E-state index in [1.165, 1.54) is 43.7 Å². The van der Waals surface area contributed by atoms with Crippen LogP contribution in [-0.2, 0) is 20.7 Å². The van der Waals surface area contributed by atoms with Crippen molar-refractivity contribution in [3.05, 3.63) is 72.3 Å². The Kier molecular flexibility index (Phi) is 17.2. The quantitative estimate of drug-likeness (QED) is 0.0869. The Hall–Kier alpha value is -3.12. The molecule has 1 aliphatic rings. The van der Waals surface area contributed by atoms with Gasteiger partial charge in [0.2, 0.25) is 0 Å². The van der Waals surface area contributed by atoms with Crippen molar-refractivity contribution in [1.82, 2.24) is 0 Å². The summed E-state index contributed by atoms with van der Waals surface area (Å²) in [7, 11) is 1.70. The largest absolute Gasteiger partial charge is 0.493 e. The zero-order valence-corrected chi connectivity index (χ0v) is 24.5. The molecule has 1 fully saturated rings. The SMILES string of the molecule is C=CC(=O)OCCCCCCOC.CCCc1ccc(OCC2CCC(COc3ccc(C=O)cc3)CC2)cc1. The number of methoxy groups -OCH3 is 1. The van der Waals surface area contributed by atoms with Gasteiger partial charge >= 0.3 is 5.97 Å². The summed E-state index contributed by atoms with van der Waals surface area (Å²) in [5.41, 5.74) is 2.06. The van der Waals surface area contributed by atoms with E-state index in [1.54, 1.807) is 19.2 Å². The maximum Gasteiger partial charge on any atom is 0.330 e. The van der Waals surface area contributed by atoms with E-state index in [-0.39, 0.29) is 5.97 Å². The van der Waals surface area contributed by atoms with E-state index in [1.807, 2.05) is 12.1 Å². The molecule has 6 heteroatoms. The van der Waals surface area contributed by atoms with Crippen LogP contribution in [0.25, 0.3) is 0 Å². The lowest BCUT2D eigenvalue weighted by Gasteiger charge is -2.28. The van der Waals surface area contributed by atoms with Crippen LogP contribution in [0.15, 0.2) is 61.2 Å². The van der Waals surface area contributed by atoms with E-state index >= 15 is 0 Å². The summed E-state index contributed by atoms with van der Waals surface area (Å²) in [6, 6.07) is 15.9. The zero-order chi connectivity index (χ0) is 28.8. The van der Waals surface area contributed by atoms with Gasteiger partial charge in [-0.1, -0.05) is 38.5 Å². The molecule has 0 spiro atoms. The molecule has 0 saturated heterocycles. The highest BCUT2D eigenvalue weighted by Crippen LogP contribution is 2.30. The Bertz CT molecular complexity index is 945. The summed E-state index contributed by atoms with van der Waals surface area (Å²) in [6.07, 6.45) is 13.3. The van der Waals surface area contributed by atoms with Crippen molar-refractivity contribution in [2.75, 3.05) is 33.5 Å². The van der Waals surface area contributed by atoms with Crippen molar-refractivity contribution in [3.63, 3.8) is 0 Å². The molecule has 3 rings (SSSR count). The first kappa shape index (κ1) is 33.1. The van der Waals surface area contributed by atoms with Gasteiger partial charge in [0.1, 0.15) is 17.8 Å². The molecule has 220 valence electrons. The first-order chi connectivity index (χ1) is 19.6. The third kappa shape index (κ3) is 14.3. The lowest BCUT2D eigenvalue weighted by Crippen LogP contribution is -2.23. The van der Waals surface area contributed by atoms with Gasteiger partial charge < -0.3 is 18.9 Å². The highest BCUT2D eigenvalue weighted by molar-refractivity contribution is 5.81. The van der Waals surface area contributed by atoms with E-state index in [4.69, 9.17) is 18.9 Å². The van der Waals surface area contributed by atoms with Crippen LogP contribution in [-0.4, -0.2) is 45.8 Å². The van der Waals surface area contributed by atoms with Crippen LogP contribution in [0.4, 0.5) is 0 Å². The number of rotatable bonds is 17. The molecule has 0 bridgehead atoms. The van der Waals surface area contributed by atoms with Crippen LogP contribution in [0.3, 0.4) is 0 Å².